The van der Waals surface area contributed by atoms with E-state index in [1.165, 1.54) is 11.1 Å². The second kappa shape index (κ2) is 31.1. The number of hydrogen-bond acceptors (Lipinski definition) is 10. The van der Waals surface area contributed by atoms with Crippen molar-refractivity contribution in [1.29, 1.82) is 0 Å². The first-order valence-electron chi connectivity index (χ1n) is 35.8. The van der Waals surface area contributed by atoms with Crippen molar-refractivity contribution in [2.75, 3.05) is 0 Å². The summed E-state index contributed by atoms with van der Waals surface area (Å²) in [6.45, 7) is 0. The van der Waals surface area contributed by atoms with E-state index in [9.17, 15) is 0 Å². The minimum atomic E-state index is 0.626. The summed E-state index contributed by atoms with van der Waals surface area (Å²) in [4.78, 5) is 49.7. The van der Waals surface area contributed by atoms with E-state index >= 15 is 0 Å². The van der Waals surface area contributed by atoms with E-state index in [4.69, 9.17) is 49.8 Å². The number of nitrogens with zero attached hydrogens (tertiary/aromatic N) is 10. The van der Waals surface area contributed by atoms with Crippen LogP contribution in [-0.4, -0.2) is 49.8 Å². The van der Waals surface area contributed by atoms with Crippen LogP contribution in [0.15, 0.2) is 400 Å². The molecule has 0 saturated heterocycles. The third kappa shape index (κ3) is 15.2. The monoisotopic (exact) mass is 1380 g/mol. The van der Waals surface area contributed by atoms with Gasteiger partial charge in [0.25, 0.3) is 0 Å². The van der Waals surface area contributed by atoms with Gasteiger partial charge in [-0.15, -0.1) is 0 Å². The molecule has 0 radical (unpaired) electrons. The minimum Gasteiger partial charge on any atom is -0.228 e. The lowest BCUT2D eigenvalue weighted by atomic mass is 9.98. The molecule has 10 heteroatoms. The molecule has 18 rings (SSSR count). The zero-order valence-electron chi connectivity index (χ0n) is 58.6. The molecule has 508 valence electrons. The van der Waals surface area contributed by atoms with Crippen LogP contribution in [0.3, 0.4) is 0 Å². The zero-order chi connectivity index (χ0) is 72.2. The maximum atomic E-state index is 5.12. The van der Waals surface area contributed by atoms with E-state index in [0.29, 0.717) is 46.6 Å². The lowest BCUT2D eigenvalue weighted by Crippen LogP contribution is -2.00. The van der Waals surface area contributed by atoms with Crippen LogP contribution in [0.2, 0.25) is 0 Å². The summed E-state index contributed by atoms with van der Waals surface area (Å²) in [6.07, 6.45) is 0. The highest BCUT2D eigenvalue weighted by atomic mass is 15.0. The molecule has 4 heterocycles. The fourth-order valence-electron chi connectivity index (χ4n) is 13.1. The number of aromatic nitrogens is 10. The summed E-state index contributed by atoms with van der Waals surface area (Å²) in [7, 11) is 0. The molecule has 0 spiro atoms. The quantitative estimate of drug-likeness (QED) is 0.0922. The Kier molecular flexibility index (Phi) is 19.1. The van der Waals surface area contributed by atoms with Gasteiger partial charge in [0, 0.05) is 66.8 Å². The van der Waals surface area contributed by atoms with Gasteiger partial charge in [-0.1, -0.05) is 370 Å². The van der Waals surface area contributed by atoms with Crippen LogP contribution in [0.4, 0.5) is 0 Å². The highest BCUT2D eigenvalue weighted by Gasteiger charge is 2.19. The van der Waals surface area contributed by atoms with Gasteiger partial charge in [-0.25, -0.2) is 49.8 Å². The Morgan fingerprint density at radius 3 is 0.491 bits per heavy atom. The van der Waals surface area contributed by atoms with Crippen LogP contribution >= 0.6 is 0 Å². The molecule has 108 heavy (non-hydrogen) atoms. The molecule has 0 aliphatic carbocycles. The van der Waals surface area contributed by atoms with Crippen molar-refractivity contribution in [1.82, 2.24) is 49.8 Å². The molecule has 0 aliphatic rings. The molecular weight excluding hydrogens is 1320 g/mol. The summed E-state index contributed by atoms with van der Waals surface area (Å²) in [5, 5.41) is 0. The number of hydrogen-bond donors (Lipinski definition) is 0. The molecule has 0 fully saturated rings. The second-order valence-electron chi connectivity index (χ2n) is 25.9. The van der Waals surface area contributed by atoms with E-state index in [2.05, 4.69) is 231 Å². The normalized spacial score (nSPS) is 11.0. The van der Waals surface area contributed by atoms with Gasteiger partial charge >= 0.3 is 0 Å². The van der Waals surface area contributed by atoms with E-state index in [1.807, 2.05) is 170 Å². The van der Waals surface area contributed by atoms with Crippen molar-refractivity contribution in [3.63, 3.8) is 0 Å². The molecule has 0 bridgehead atoms. The van der Waals surface area contributed by atoms with E-state index in [-0.39, 0.29) is 0 Å². The molecule has 0 atom stereocenters. The van der Waals surface area contributed by atoms with Crippen LogP contribution < -0.4 is 0 Å². The smallest absolute Gasteiger partial charge is 0.164 e. The van der Waals surface area contributed by atoms with Gasteiger partial charge in [-0.2, -0.15) is 0 Å². The van der Waals surface area contributed by atoms with E-state index < -0.39 is 0 Å². The molecule has 0 unspecified atom stereocenters. The molecular formula is C98H66N10. The molecule has 18 aromatic rings. The number of rotatable bonds is 16. The molecule has 0 N–H and O–H groups in total. The lowest BCUT2D eigenvalue weighted by Gasteiger charge is -2.12. The average molecular weight is 1380 g/mol. The zero-order valence-corrected chi connectivity index (χ0v) is 58.6. The van der Waals surface area contributed by atoms with Crippen LogP contribution in [0.25, 0.3) is 181 Å². The SMILES string of the molecule is c1ccc(-c2ccc(-c3nc(-c4ccccc4)cc(-c4cccc(-c5ccc(-c6nc(-c7ccccc7)nc(-c7ccccc7)n6)cc5)c4)n3)cc2)cc1.c1ccc(-c2cccc(-c3cc(-c4cccc(-c5ccc(-c6nc(-c7ccccc7)nc(-c7ccccc7)n6)cc5)c4)nc(-c4ccccc4)n3)c2)cc1. The maximum Gasteiger partial charge on any atom is 0.164 e. The standard InChI is InChI=1S/2C49H33N5/c1-5-15-34(16-6-1)40-23-13-25-42(31-40)44-33-45(51-46(50-44)36-17-7-2-8-18-36)43-26-14-24-41(32-43)35-27-29-39(30-28-35)49-53-47(37-19-9-3-10-20-37)52-48(54-49)38-21-11-4-12-22-38;1-5-14-34(15-6-1)35-24-28-40(29-25-35)46-50-44(37-16-7-2-8-17-37)33-45(51-46)43-23-13-22-42(32-43)36-26-30-41(31-27-36)49-53-47(38-18-9-3-10-19-38)52-48(54-49)39-20-11-4-12-21-39/h2*1-33H. The summed E-state index contributed by atoms with van der Waals surface area (Å²) in [5.41, 5.74) is 24.0. The highest BCUT2D eigenvalue weighted by Crippen LogP contribution is 2.37. The lowest BCUT2D eigenvalue weighted by molar-refractivity contribution is 1.07. The Morgan fingerprint density at radius 2 is 0.241 bits per heavy atom. The van der Waals surface area contributed by atoms with E-state index in [1.54, 1.807) is 0 Å². The summed E-state index contributed by atoms with van der Waals surface area (Å²) in [5.74, 6) is 5.19. The molecule has 4 aromatic heterocycles. The Balaban J connectivity index is 0.000000158. The largest absolute Gasteiger partial charge is 0.228 e. The predicted octanol–water partition coefficient (Wildman–Crippen LogP) is 24.0. The maximum absolute atomic E-state index is 5.12. The third-order valence-corrected chi connectivity index (χ3v) is 18.7. The Hall–Kier alpha value is -14.7. The van der Waals surface area contributed by atoms with Crippen LogP contribution in [0.1, 0.15) is 0 Å². The average Bonchev–Trinajstić information content (AvgIpc) is 0.822. The van der Waals surface area contributed by atoms with Gasteiger partial charge in [0.1, 0.15) is 0 Å². The molecule has 14 aromatic carbocycles. The molecule has 10 nitrogen and oxygen atoms in total. The van der Waals surface area contributed by atoms with Gasteiger partial charge in [0.15, 0.2) is 46.6 Å². The van der Waals surface area contributed by atoms with Gasteiger partial charge in [0.2, 0.25) is 0 Å². The van der Waals surface area contributed by atoms with E-state index in [0.717, 1.165) is 123 Å². The first-order chi connectivity index (χ1) is 53.5. The summed E-state index contributed by atoms with van der Waals surface area (Å²) >= 11 is 0. The van der Waals surface area contributed by atoms with Crippen molar-refractivity contribution in [3.8, 4) is 181 Å². The fraction of sp³-hybridized carbons (Fsp3) is 0. The topological polar surface area (TPSA) is 129 Å². The van der Waals surface area contributed by atoms with Crippen molar-refractivity contribution in [3.05, 3.63) is 400 Å². The molecule has 0 aliphatic heterocycles. The minimum absolute atomic E-state index is 0.626. The van der Waals surface area contributed by atoms with Crippen molar-refractivity contribution in [2.45, 2.75) is 0 Å². The van der Waals surface area contributed by atoms with Crippen LogP contribution in [0.5, 0.6) is 0 Å². The Morgan fingerprint density at radius 1 is 0.0926 bits per heavy atom. The van der Waals surface area contributed by atoms with Crippen molar-refractivity contribution < 1.29 is 0 Å². The van der Waals surface area contributed by atoms with Crippen LogP contribution in [-0.2, 0) is 0 Å². The number of benzene rings is 14. The first kappa shape index (κ1) is 66.5. The molecule has 0 saturated carbocycles. The van der Waals surface area contributed by atoms with Crippen LogP contribution in [0, 0.1) is 0 Å². The predicted molar refractivity (Wildman–Crippen MR) is 438 cm³/mol. The van der Waals surface area contributed by atoms with Gasteiger partial charge in [-0.3, -0.25) is 0 Å². The molecule has 0 amide bonds. The Labute approximate surface area is 627 Å². The van der Waals surface area contributed by atoms with Crippen molar-refractivity contribution in [2.24, 2.45) is 0 Å². The summed E-state index contributed by atoms with van der Waals surface area (Å²) < 4.78 is 0. The third-order valence-electron chi connectivity index (χ3n) is 18.7. The first-order valence-corrected chi connectivity index (χ1v) is 35.8. The second-order valence-corrected chi connectivity index (χ2v) is 25.9. The van der Waals surface area contributed by atoms with Gasteiger partial charge < -0.3 is 0 Å². The van der Waals surface area contributed by atoms with Gasteiger partial charge in [-0.05, 0) is 74.8 Å². The Bertz CT molecular complexity index is 5990. The summed E-state index contributed by atoms with van der Waals surface area (Å²) in [6, 6.07) is 136. The fourth-order valence-corrected chi connectivity index (χ4v) is 13.1. The van der Waals surface area contributed by atoms with Crippen molar-refractivity contribution >= 4 is 0 Å². The highest BCUT2D eigenvalue weighted by molar-refractivity contribution is 5.82. The van der Waals surface area contributed by atoms with Gasteiger partial charge in [0.05, 0.1) is 22.8 Å².